The number of anilines is 2. The third-order valence-electron chi connectivity index (χ3n) is 7.47. The summed E-state index contributed by atoms with van der Waals surface area (Å²) >= 11 is 0. The summed E-state index contributed by atoms with van der Waals surface area (Å²) in [6.45, 7) is 1.51. The minimum Gasteiger partial charge on any atom is -0.338 e. The van der Waals surface area contributed by atoms with E-state index in [0.717, 1.165) is 23.0 Å². The Hall–Kier alpha value is -4.03. The molecule has 0 bridgehead atoms. The number of nitrogens with one attached hydrogen (secondary N) is 1. The number of benzene rings is 2. The van der Waals surface area contributed by atoms with E-state index in [1.165, 1.54) is 53.4 Å². The first-order valence-electron chi connectivity index (χ1n) is 12.6. The van der Waals surface area contributed by atoms with Gasteiger partial charge in [-0.1, -0.05) is 6.07 Å². The average Bonchev–Trinajstić information content (AvgIpc) is 3.80. The molecule has 39 heavy (non-hydrogen) atoms. The molecule has 2 aliphatic rings. The number of nitrogens with two attached hydrogens (primary N) is 1. The number of aryl methyl sites for hydroxylation is 1. The van der Waals surface area contributed by atoms with Gasteiger partial charge in [-0.15, -0.1) is 0 Å². The monoisotopic (exact) mass is 551 g/mol. The van der Waals surface area contributed by atoms with Gasteiger partial charge in [0.15, 0.2) is 0 Å². The number of hydrogen-bond donors (Lipinski definition) is 2. The first kappa shape index (κ1) is 25.3. The van der Waals surface area contributed by atoms with Gasteiger partial charge in [-0.05, 0) is 80.5 Å². The highest BCUT2D eigenvalue weighted by Crippen LogP contribution is 2.41. The van der Waals surface area contributed by atoms with Crippen molar-refractivity contribution in [2.75, 3.05) is 5.32 Å². The zero-order valence-corrected chi connectivity index (χ0v) is 22.1. The zero-order valence-electron chi connectivity index (χ0n) is 21.3. The molecule has 3 N–H and O–H groups in total. The molecule has 2 heterocycles. The van der Waals surface area contributed by atoms with Gasteiger partial charge in [0.25, 0.3) is 11.1 Å². The lowest BCUT2D eigenvalue weighted by Crippen LogP contribution is -2.41. The molecule has 10 nitrogen and oxygen atoms in total. The average molecular weight is 552 g/mol. The molecule has 0 aliphatic heterocycles. The second-order valence-corrected chi connectivity index (χ2v) is 11.8. The standard InChI is InChI=1S/C27H26FN5O5S/c1-14-23-22(24(31(2)25(14)34)30-21-12-5-16(13-20(21)28)15-3-4-15)26(35)33(18-6-7-18)27(36)32(23)17-8-10-19(11-9-17)39(29,37)38/h5,8-13,15,18,30H,3-4,6-7H2,1-2H3,(H2,29,37,38). The summed E-state index contributed by atoms with van der Waals surface area (Å²) in [5, 5.41) is 8.23. The van der Waals surface area contributed by atoms with E-state index in [2.05, 4.69) is 5.32 Å². The number of sulfonamides is 1. The van der Waals surface area contributed by atoms with E-state index in [0.29, 0.717) is 18.8 Å². The van der Waals surface area contributed by atoms with Crippen LogP contribution >= 0.6 is 0 Å². The van der Waals surface area contributed by atoms with E-state index in [1.54, 1.807) is 6.07 Å². The predicted octanol–water partition coefficient (Wildman–Crippen LogP) is 2.90. The molecule has 2 aliphatic carbocycles. The Morgan fingerprint density at radius 2 is 1.64 bits per heavy atom. The number of hydrogen-bond acceptors (Lipinski definition) is 6. The largest absolute Gasteiger partial charge is 0.338 e. The Kier molecular flexibility index (Phi) is 5.67. The van der Waals surface area contributed by atoms with Crippen molar-refractivity contribution in [3.8, 4) is 5.69 Å². The van der Waals surface area contributed by atoms with Crippen LogP contribution in [0.25, 0.3) is 16.6 Å². The van der Waals surface area contributed by atoms with Gasteiger partial charge in [0.2, 0.25) is 10.0 Å². The fraction of sp³-hybridized carbons (Fsp3) is 0.296. The van der Waals surface area contributed by atoms with Crippen LogP contribution in [0.2, 0.25) is 0 Å². The van der Waals surface area contributed by atoms with Crippen LogP contribution in [0.15, 0.2) is 61.7 Å². The van der Waals surface area contributed by atoms with Gasteiger partial charge in [-0.3, -0.25) is 23.3 Å². The Labute approximate surface area is 222 Å². The number of primary sulfonamides is 1. The fourth-order valence-electron chi connectivity index (χ4n) is 5.07. The maximum atomic E-state index is 15.1. The van der Waals surface area contributed by atoms with Gasteiger partial charge < -0.3 is 5.32 Å². The first-order chi connectivity index (χ1) is 18.5. The predicted molar refractivity (Wildman–Crippen MR) is 145 cm³/mol. The number of halogens is 1. The van der Waals surface area contributed by atoms with Gasteiger partial charge >= 0.3 is 5.69 Å². The number of aromatic nitrogens is 3. The van der Waals surface area contributed by atoms with Crippen LogP contribution in [0.3, 0.4) is 0 Å². The van der Waals surface area contributed by atoms with Crippen LogP contribution in [0, 0.1) is 12.7 Å². The topological polar surface area (TPSA) is 138 Å². The molecule has 202 valence electrons. The SMILES string of the molecule is Cc1c(=O)n(C)c(Nc2ccc(C3CC3)cc2F)c2c(=O)n(C3CC3)c(=O)n(-c3ccc(S(N)(=O)=O)cc3)c12. The first-order valence-corrected chi connectivity index (χ1v) is 14.1. The molecular weight excluding hydrogens is 525 g/mol. The second kappa shape index (κ2) is 8.75. The van der Waals surface area contributed by atoms with Crippen LogP contribution in [0.4, 0.5) is 15.9 Å². The summed E-state index contributed by atoms with van der Waals surface area (Å²) in [5.41, 5.74) is -0.305. The molecule has 0 amide bonds. The van der Waals surface area contributed by atoms with Crippen LogP contribution in [-0.4, -0.2) is 22.1 Å². The van der Waals surface area contributed by atoms with Gasteiger partial charge in [-0.25, -0.2) is 22.7 Å². The lowest BCUT2D eigenvalue weighted by molar-refractivity contribution is 0.597. The third-order valence-corrected chi connectivity index (χ3v) is 8.40. The summed E-state index contributed by atoms with van der Waals surface area (Å²) in [6.07, 6.45) is 3.30. The third kappa shape index (κ3) is 4.20. The molecule has 6 rings (SSSR count). The Morgan fingerprint density at radius 3 is 2.21 bits per heavy atom. The highest BCUT2D eigenvalue weighted by Gasteiger charge is 2.32. The highest BCUT2D eigenvalue weighted by atomic mass is 32.2. The normalized spacial score (nSPS) is 15.6. The number of pyridine rings is 1. The lowest BCUT2D eigenvalue weighted by Gasteiger charge is -2.20. The van der Waals surface area contributed by atoms with E-state index >= 15 is 4.39 Å². The molecule has 0 saturated heterocycles. The molecule has 0 spiro atoms. The molecule has 0 radical (unpaired) electrons. The number of fused-ring (bicyclic) bond motifs is 1. The molecular formula is C27H26FN5O5S. The van der Waals surface area contributed by atoms with E-state index in [9.17, 15) is 22.8 Å². The molecule has 2 aromatic heterocycles. The van der Waals surface area contributed by atoms with Crippen molar-refractivity contribution in [3.63, 3.8) is 0 Å². The minimum atomic E-state index is -3.98. The summed E-state index contributed by atoms with van der Waals surface area (Å²) in [4.78, 5) is 40.8. The van der Waals surface area contributed by atoms with Crippen molar-refractivity contribution in [2.45, 2.75) is 49.5 Å². The summed E-state index contributed by atoms with van der Waals surface area (Å²) < 4.78 is 42.3. The van der Waals surface area contributed by atoms with Crippen molar-refractivity contribution in [1.29, 1.82) is 0 Å². The van der Waals surface area contributed by atoms with Crippen LogP contribution in [-0.2, 0) is 17.1 Å². The van der Waals surface area contributed by atoms with E-state index in [1.807, 2.05) is 6.07 Å². The second-order valence-electron chi connectivity index (χ2n) is 10.3. The summed E-state index contributed by atoms with van der Waals surface area (Å²) in [5.74, 6) is -0.123. The Bertz CT molecular complexity index is 1970. The highest BCUT2D eigenvalue weighted by molar-refractivity contribution is 7.89. The van der Waals surface area contributed by atoms with Crippen LogP contribution < -0.4 is 27.3 Å². The fourth-order valence-corrected chi connectivity index (χ4v) is 5.59. The number of rotatable bonds is 6. The van der Waals surface area contributed by atoms with E-state index in [4.69, 9.17) is 5.14 Å². The molecule has 0 unspecified atom stereocenters. The van der Waals surface area contributed by atoms with Crippen molar-refractivity contribution in [3.05, 3.63) is 90.6 Å². The maximum Gasteiger partial charge on any atom is 0.336 e. The van der Waals surface area contributed by atoms with Gasteiger partial charge in [-0.2, -0.15) is 0 Å². The molecule has 2 fully saturated rings. The van der Waals surface area contributed by atoms with Gasteiger partial charge in [0, 0.05) is 18.7 Å². The molecule has 0 atom stereocenters. The lowest BCUT2D eigenvalue weighted by atomic mass is 10.1. The maximum absolute atomic E-state index is 15.1. The van der Waals surface area contributed by atoms with Crippen molar-refractivity contribution in [1.82, 2.24) is 13.7 Å². The molecule has 4 aromatic rings. The smallest absolute Gasteiger partial charge is 0.336 e. The molecule has 2 aromatic carbocycles. The van der Waals surface area contributed by atoms with Gasteiger partial charge in [0.1, 0.15) is 17.0 Å². The molecule has 2 saturated carbocycles. The van der Waals surface area contributed by atoms with Crippen molar-refractivity contribution < 1.29 is 12.8 Å². The quantitative estimate of drug-likeness (QED) is 0.378. The molecule has 12 heteroatoms. The minimum absolute atomic E-state index is 0.0438. The Balaban J connectivity index is 1.65. The zero-order chi connectivity index (χ0) is 27.8. The Morgan fingerprint density at radius 1 is 0.974 bits per heavy atom. The van der Waals surface area contributed by atoms with Crippen LogP contribution in [0.1, 0.15) is 48.8 Å². The van der Waals surface area contributed by atoms with E-state index < -0.39 is 32.6 Å². The van der Waals surface area contributed by atoms with Crippen LogP contribution in [0.5, 0.6) is 0 Å². The summed E-state index contributed by atoms with van der Waals surface area (Å²) in [6, 6.07) is 9.84. The number of nitrogens with zero attached hydrogens (tertiary/aromatic N) is 3. The van der Waals surface area contributed by atoms with Crippen molar-refractivity contribution >= 4 is 32.4 Å². The van der Waals surface area contributed by atoms with Crippen molar-refractivity contribution in [2.24, 2.45) is 12.2 Å². The van der Waals surface area contributed by atoms with Gasteiger partial charge in [0.05, 0.1) is 21.8 Å². The summed E-state index contributed by atoms with van der Waals surface area (Å²) in [7, 11) is -2.51. The van der Waals surface area contributed by atoms with E-state index in [-0.39, 0.29) is 44.6 Å².